The fourth-order valence-corrected chi connectivity index (χ4v) is 1.00. The Morgan fingerprint density at radius 3 is 2.27 bits per heavy atom. The lowest BCUT2D eigenvalue weighted by molar-refractivity contribution is -0.124. The van der Waals surface area contributed by atoms with Crippen LogP contribution in [0.2, 0.25) is 0 Å². The second-order valence-electron chi connectivity index (χ2n) is 2.24. The average Bonchev–Trinajstić information content (AvgIpc) is 2.37. The molecular weight excluding hydrogens is 138 g/mol. The van der Waals surface area contributed by atoms with Gasteiger partial charge in [-0.3, -0.25) is 4.79 Å². The Labute approximate surface area is 68.9 Å². The molecule has 11 heavy (non-hydrogen) atoms. The minimum Gasteiger partial charge on any atom is -0.339 e. The number of carbonyl (C=O) groups excluding carboxylic acids is 1. The van der Waals surface area contributed by atoms with Gasteiger partial charge in [0.15, 0.2) is 0 Å². The Hall–Kier alpha value is -0.790. The molecule has 0 aromatic rings. The first-order chi connectivity index (χ1) is 5.25. The molecular formula is C9H17NO. The minimum absolute atomic E-state index is 0.137. The predicted octanol–water partition coefficient (Wildman–Crippen LogP) is 1.82. The van der Waals surface area contributed by atoms with Gasteiger partial charge in [-0.1, -0.05) is 20.4 Å². The van der Waals surface area contributed by atoms with Crippen molar-refractivity contribution >= 4 is 5.91 Å². The van der Waals surface area contributed by atoms with E-state index in [1.54, 1.807) is 0 Å². The van der Waals surface area contributed by atoms with Crippen LogP contribution in [0.5, 0.6) is 0 Å². The molecule has 1 aliphatic rings. The van der Waals surface area contributed by atoms with Crippen LogP contribution in [-0.2, 0) is 4.79 Å². The molecule has 1 fully saturated rings. The maximum atomic E-state index is 11.0. The van der Waals surface area contributed by atoms with Crippen LogP contribution in [0.25, 0.3) is 0 Å². The van der Waals surface area contributed by atoms with E-state index in [-0.39, 0.29) is 5.91 Å². The molecule has 1 amide bonds. The minimum atomic E-state index is 0.137. The van der Waals surface area contributed by atoms with E-state index < -0.39 is 0 Å². The molecule has 0 bridgehead atoms. The predicted molar refractivity (Wildman–Crippen MR) is 47.4 cm³/mol. The molecule has 0 N–H and O–H groups in total. The lowest BCUT2D eigenvalue weighted by Gasteiger charge is -2.09. The molecule has 0 aromatic carbocycles. The van der Waals surface area contributed by atoms with E-state index in [9.17, 15) is 4.79 Å². The van der Waals surface area contributed by atoms with E-state index in [1.165, 1.54) is 0 Å². The molecule has 0 unspecified atom stereocenters. The monoisotopic (exact) mass is 155 g/mol. The normalized spacial score (nSPS) is 16.5. The molecule has 2 heteroatoms. The van der Waals surface area contributed by atoms with Crippen molar-refractivity contribution in [3.63, 3.8) is 0 Å². The molecule has 0 aromatic heterocycles. The van der Waals surface area contributed by atoms with Crippen LogP contribution in [0.1, 0.15) is 27.2 Å². The van der Waals surface area contributed by atoms with Crippen LogP contribution in [0.4, 0.5) is 0 Å². The fourth-order valence-electron chi connectivity index (χ4n) is 1.00. The number of likely N-dealkylation sites (tertiary alicyclic amines) is 1. The summed E-state index contributed by atoms with van der Waals surface area (Å²) in [5, 5.41) is 0. The Kier molecular flexibility index (Phi) is 4.59. The molecule has 1 saturated heterocycles. The fraction of sp³-hybridized carbons (Fsp3) is 0.667. The van der Waals surface area contributed by atoms with E-state index in [0.29, 0.717) is 0 Å². The maximum Gasteiger partial charge on any atom is 0.249 e. The van der Waals surface area contributed by atoms with Crippen LogP contribution in [-0.4, -0.2) is 23.9 Å². The van der Waals surface area contributed by atoms with Gasteiger partial charge in [-0.05, 0) is 13.3 Å². The number of hydrogen-bond donors (Lipinski definition) is 0. The highest BCUT2D eigenvalue weighted by atomic mass is 16.2. The van der Waals surface area contributed by atoms with E-state index in [4.69, 9.17) is 0 Å². The number of carbonyl (C=O) groups is 1. The molecule has 0 radical (unpaired) electrons. The van der Waals surface area contributed by atoms with E-state index in [0.717, 1.165) is 25.1 Å². The standard InChI is InChI=1S/C7H11NO.C2H6/c1-3-8-5-4-6(2)7(8)9;1-2/h2-5H2,1H3;1-2H3. The van der Waals surface area contributed by atoms with Crippen LogP contribution in [0.15, 0.2) is 12.2 Å². The second-order valence-corrected chi connectivity index (χ2v) is 2.24. The van der Waals surface area contributed by atoms with Crippen molar-refractivity contribution < 1.29 is 4.79 Å². The van der Waals surface area contributed by atoms with Gasteiger partial charge in [-0.15, -0.1) is 0 Å². The van der Waals surface area contributed by atoms with Gasteiger partial charge in [0, 0.05) is 18.7 Å². The van der Waals surface area contributed by atoms with Gasteiger partial charge in [-0.25, -0.2) is 0 Å². The topological polar surface area (TPSA) is 20.3 Å². The summed E-state index contributed by atoms with van der Waals surface area (Å²) in [6, 6.07) is 0. The highest BCUT2D eigenvalue weighted by Gasteiger charge is 2.21. The van der Waals surface area contributed by atoms with Crippen molar-refractivity contribution in [1.29, 1.82) is 0 Å². The molecule has 64 valence electrons. The lowest BCUT2D eigenvalue weighted by Crippen LogP contribution is -2.24. The molecule has 0 aliphatic carbocycles. The molecule has 0 saturated carbocycles. The summed E-state index contributed by atoms with van der Waals surface area (Å²) in [6.07, 6.45) is 0.854. The zero-order valence-electron chi connectivity index (χ0n) is 7.68. The summed E-state index contributed by atoms with van der Waals surface area (Å²) in [7, 11) is 0. The van der Waals surface area contributed by atoms with Gasteiger partial charge >= 0.3 is 0 Å². The molecule has 2 nitrogen and oxygen atoms in total. The summed E-state index contributed by atoms with van der Waals surface area (Å²) in [5.41, 5.74) is 0.761. The number of likely N-dealkylation sites (N-methyl/N-ethyl adjacent to an activating group) is 1. The van der Waals surface area contributed by atoms with Crippen LogP contribution in [0.3, 0.4) is 0 Å². The van der Waals surface area contributed by atoms with Gasteiger partial charge in [0.1, 0.15) is 0 Å². The van der Waals surface area contributed by atoms with Crippen molar-refractivity contribution in [3.8, 4) is 0 Å². The average molecular weight is 155 g/mol. The summed E-state index contributed by atoms with van der Waals surface area (Å²) in [5.74, 6) is 0.137. The third-order valence-corrected chi connectivity index (χ3v) is 1.65. The first-order valence-corrected chi connectivity index (χ1v) is 4.22. The van der Waals surface area contributed by atoms with E-state index >= 15 is 0 Å². The van der Waals surface area contributed by atoms with E-state index in [1.807, 2.05) is 25.7 Å². The van der Waals surface area contributed by atoms with Crippen molar-refractivity contribution in [2.45, 2.75) is 27.2 Å². The van der Waals surface area contributed by atoms with Crippen molar-refractivity contribution in [3.05, 3.63) is 12.2 Å². The summed E-state index contributed by atoms with van der Waals surface area (Å²) in [4.78, 5) is 12.8. The molecule has 1 aliphatic heterocycles. The maximum absolute atomic E-state index is 11.0. The molecule has 1 rings (SSSR count). The van der Waals surface area contributed by atoms with Gasteiger partial charge in [0.05, 0.1) is 0 Å². The van der Waals surface area contributed by atoms with E-state index in [2.05, 4.69) is 6.58 Å². The summed E-state index contributed by atoms with van der Waals surface area (Å²) < 4.78 is 0. The van der Waals surface area contributed by atoms with Gasteiger partial charge in [-0.2, -0.15) is 0 Å². The third kappa shape index (κ3) is 2.37. The quantitative estimate of drug-likeness (QED) is 0.529. The molecule has 1 heterocycles. The van der Waals surface area contributed by atoms with Gasteiger partial charge in [0.25, 0.3) is 0 Å². The largest absolute Gasteiger partial charge is 0.339 e. The van der Waals surface area contributed by atoms with Crippen molar-refractivity contribution in [1.82, 2.24) is 4.90 Å². The second kappa shape index (κ2) is 4.94. The van der Waals surface area contributed by atoms with Crippen molar-refractivity contribution in [2.75, 3.05) is 13.1 Å². The Morgan fingerprint density at radius 2 is 2.09 bits per heavy atom. The Bertz CT molecular complexity index is 152. The smallest absolute Gasteiger partial charge is 0.249 e. The number of rotatable bonds is 1. The number of nitrogens with zero attached hydrogens (tertiary/aromatic N) is 1. The lowest BCUT2D eigenvalue weighted by atomic mass is 10.3. The SMILES string of the molecule is C=C1CCN(CC)C1=O.CC. The molecule has 0 atom stereocenters. The van der Waals surface area contributed by atoms with Crippen molar-refractivity contribution in [2.24, 2.45) is 0 Å². The Balaban J connectivity index is 0.000000461. The first kappa shape index (κ1) is 10.2. The first-order valence-electron chi connectivity index (χ1n) is 4.22. The highest BCUT2D eigenvalue weighted by Crippen LogP contribution is 2.13. The summed E-state index contributed by atoms with van der Waals surface area (Å²) in [6.45, 7) is 11.3. The summed E-state index contributed by atoms with van der Waals surface area (Å²) >= 11 is 0. The van der Waals surface area contributed by atoms with Gasteiger partial charge in [0.2, 0.25) is 5.91 Å². The zero-order chi connectivity index (χ0) is 8.85. The van der Waals surface area contributed by atoms with Gasteiger partial charge < -0.3 is 4.90 Å². The van der Waals surface area contributed by atoms with Crippen LogP contribution < -0.4 is 0 Å². The van der Waals surface area contributed by atoms with Crippen LogP contribution >= 0.6 is 0 Å². The van der Waals surface area contributed by atoms with Crippen LogP contribution in [0, 0.1) is 0 Å². The zero-order valence-corrected chi connectivity index (χ0v) is 7.68. The Morgan fingerprint density at radius 1 is 1.55 bits per heavy atom. The number of hydrogen-bond acceptors (Lipinski definition) is 1. The third-order valence-electron chi connectivity index (χ3n) is 1.65. The number of amides is 1. The highest BCUT2D eigenvalue weighted by molar-refractivity contribution is 5.94. The molecule has 0 spiro atoms.